The molecular formula is C33H49NO3. The quantitative estimate of drug-likeness (QED) is 0.218. The second-order valence-corrected chi connectivity index (χ2v) is 13.9. The molecular weight excluding hydrogens is 458 g/mol. The van der Waals surface area contributed by atoms with E-state index in [2.05, 4.69) is 33.8 Å². The lowest BCUT2D eigenvalue weighted by molar-refractivity contribution is -0.538. The van der Waals surface area contributed by atoms with Crippen LogP contribution in [0.5, 0.6) is 0 Å². The highest BCUT2D eigenvalue weighted by molar-refractivity contribution is 5.25. The van der Waals surface area contributed by atoms with Crippen LogP contribution in [-0.4, -0.2) is 16.1 Å². The van der Waals surface area contributed by atoms with E-state index in [0.29, 0.717) is 16.7 Å². The average molecular weight is 508 g/mol. The van der Waals surface area contributed by atoms with Crippen molar-refractivity contribution >= 4 is 0 Å². The molecule has 5 rings (SSSR count). The van der Waals surface area contributed by atoms with Gasteiger partial charge in [0.15, 0.2) is 0 Å². The number of allylic oxidation sites excluding steroid dienone is 1. The van der Waals surface area contributed by atoms with Gasteiger partial charge in [-0.25, -0.2) is 0 Å². The molecule has 4 aliphatic carbocycles. The van der Waals surface area contributed by atoms with Gasteiger partial charge in [0, 0.05) is 16.4 Å². The molecule has 0 amide bonds. The molecule has 1 N–H and O–H groups in total. The van der Waals surface area contributed by atoms with Crippen LogP contribution in [-0.2, 0) is 0 Å². The first-order valence-electron chi connectivity index (χ1n) is 15.2. The van der Waals surface area contributed by atoms with Gasteiger partial charge in [0.05, 0.1) is 6.10 Å². The summed E-state index contributed by atoms with van der Waals surface area (Å²) < 4.78 is 0. The van der Waals surface area contributed by atoms with E-state index in [-0.39, 0.29) is 16.9 Å². The molecule has 0 aromatic heterocycles. The molecule has 10 atom stereocenters. The molecule has 0 heterocycles. The third kappa shape index (κ3) is 4.81. The number of nitro groups is 1. The fourth-order valence-corrected chi connectivity index (χ4v) is 10.0. The summed E-state index contributed by atoms with van der Waals surface area (Å²) in [7, 11) is 0. The van der Waals surface area contributed by atoms with Gasteiger partial charge in [-0.1, -0.05) is 82.5 Å². The predicted molar refractivity (Wildman–Crippen MR) is 150 cm³/mol. The van der Waals surface area contributed by atoms with E-state index in [1.165, 1.54) is 38.5 Å². The molecule has 1 aromatic rings. The van der Waals surface area contributed by atoms with E-state index in [1.807, 2.05) is 30.3 Å². The fourth-order valence-electron chi connectivity index (χ4n) is 10.0. The van der Waals surface area contributed by atoms with Gasteiger partial charge in [-0.05, 0) is 98.2 Å². The zero-order valence-electron chi connectivity index (χ0n) is 23.6. The highest BCUT2D eigenvalue weighted by atomic mass is 16.6. The van der Waals surface area contributed by atoms with Gasteiger partial charge >= 0.3 is 0 Å². The lowest BCUT2D eigenvalue weighted by Gasteiger charge is -2.58. The number of nitrogens with zero attached hydrogens (tertiary/aromatic N) is 1. The van der Waals surface area contributed by atoms with Crippen LogP contribution in [0.1, 0.15) is 110 Å². The van der Waals surface area contributed by atoms with Crippen molar-refractivity contribution < 1.29 is 10.0 Å². The third-order valence-electron chi connectivity index (χ3n) is 12.1. The Balaban J connectivity index is 1.21. The maximum Gasteiger partial charge on any atom is 0.240 e. The summed E-state index contributed by atoms with van der Waals surface area (Å²) in [5.74, 6) is 3.94. The monoisotopic (exact) mass is 507 g/mol. The van der Waals surface area contributed by atoms with Gasteiger partial charge in [0.2, 0.25) is 6.04 Å². The van der Waals surface area contributed by atoms with E-state index < -0.39 is 6.04 Å². The molecule has 3 saturated carbocycles. The zero-order valence-corrected chi connectivity index (χ0v) is 23.6. The number of fused-ring (bicyclic) bond motifs is 5. The average Bonchev–Trinajstić information content (AvgIpc) is 3.22. The van der Waals surface area contributed by atoms with Crippen molar-refractivity contribution in [3.63, 3.8) is 0 Å². The van der Waals surface area contributed by atoms with Crippen LogP contribution in [0, 0.1) is 56.5 Å². The molecule has 204 valence electrons. The highest BCUT2D eigenvalue weighted by Gasteiger charge is 2.59. The van der Waals surface area contributed by atoms with Crippen molar-refractivity contribution in [3.8, 4) is 0 Å². The van der Waals surface area contributed by atoms with Gasteiger partial charge in [0.1, 0.15) is 0 Å². The van der Waals surface area contributed by atoms with Crippen LogP contribution in [0.15, 0.2) is 42.0 Å². The van der Waals surface area contributed by atoms with E-state index in [4.69, 9.17) is 0 Å². The molecule has 4 heteroatoms. The van der Waals surface area contributed by atoms with Crippen molar-refractivity contribution in [1.29, 1.82) is 0 Å². The first-order chi connectivity index (χ1) is 17.6. The van der Waals surface area contributed by atoms with Gasteiger partial charge in [-0.15, -0.1) is 0 Å². The maximum absolute atomic E-state index is 11.9. The number of aliphatic hydroxyl groups is 1. The van der Waals surface area contributed by atoms with Crippen LogP contribution in [0.2, 0.25) is 0 Å². The lowest BCUT2D eigenvalue weighted by atomic mass is 9.47. The smallest absolute Gasteiger partial charge is 0.240 e. The zero-order chi connectivity index (χ0) is 26.4. The second-order valence-electron chi connectivity index (χ2n) is 13.9. The molecule has 0 saturated heterocycles. The standard InChI is InChI=1S/C33H49NO3/c1-22(9-8-10-23(2)31(34(36)37)24-11-6-5-7-12-24)28-15-16-29-27-14-13-25-21-26(35)17-19-32(25,3)30(27)18-20-33(28,29)4/h5-7,11-13,22-23,26-31,35H,8-10,14-21H2,1-4H3/t22-,23?,26+,27+,28-,29+,30+,31?,32+,33-/m1/s1. The Morgan fingerprint density at radius 2 is 1.78 bits per heavy atom. The van der Waals surface area contributed by atoms with E-state index in [1.54, 1.807) is 5.57 Å². The molecule has 2 unspecified atom stereocenters. The molecule has 4 aliphatic rings. The number of hydrogen-bond donors (Lipinski definition) is 1. The lowest BCUT2D eigenvalue weighted by Crippen LogP contribution is -2.50. The normalized spacial score (nSPS) is 39.5. The molecule has 4 nitrogen and oxygen atoms in total. The number of aliphatic hydroxyl groups excluding tert-OH is 1. The Labute approximate surface area is 224 Å². The van der Waals surface area contributed by atoms with Gasteiger partial charge in [-0.3, -0.25) is 10.1 Å². The molecule has 1 aromatic carbocycles. The Morgan fingerprint density at radius 1 is 1.03 bits per heavy atom. The van der Waals surface area contributed by atoms with Crippen molar-refractivity contribution in [3.05, 3.63) is 57.7 Å². The Kier molecular flexibility index (Phi) is 7.62. The largest absolute Gasteiger partial charge is 0.393 e. The molecule has 0 spiro atoms. The first-order valence-corrected chi connectivity index (χ1v) is 15.2. The fraction of sp³-hybridized carbons (Fsp3) is 0.758. The van der Waals surface area contributed by atoms with Crippen LogP contribution < -0.4 is 0 Å². The summed E-state index contributed by atoms with van der Waals surface area (Å²) in [6, 6.07) is 8.95. The summed E-state index contributed by atoms with van der Waals surface area (Å²) in [6.07, 6.45) is 15.3. The molecule has 37 heavy (non-hydrogen) atoms. The summed E-state index contributed by atoms with van der Waals surface area (Å²) in [5.41, 5.74) is 3.16. The summed E-state index contributed by atoms with van der Waals surface area (Å²) >= 11 is 0. The minimum absolute atomic E-state index is 0.0462. The van der Waals surface area contributed by atoms with Crippen molar-refractivity contribution in [2.45, 2.75) is 110 Å². The van der Waals surface area contributed by atoms with Crippen LogP contribution >= 0.6 is 0 Å². The van der Waals surface area contributed by atoms with E-state index in [9.17, 15) is 15.2 Å². The van der Waals surface area contributed by atoms with E-state index in [0.717, 1.165) is 61.3 Å². The van der Waals surface area contributed by atoms with Crippen LogP contribution in [0.3, 0.4) is 0 Å². The minimum Gasteiger partial charge on any atom is -0.393 e. The SMILES string of the molecule is CC(CCC[C@@H](C)[C@H]1CC[C@H]2[C@@H]3CC=C4C[C@@H](O)CC[C@]4(C)[C@H]3CC[C@]12C)C(c1ccccc1)[N+](=O)[O-]. The maximum atomic E-state index is 11.9. The molecule has 0 bridgehead atoms. The Hall–Kier alpha value is -1.68. The van der Waals surface area contributed by atoms with Crippen molar-refractivity contribution in [2.75, 3.05) is 0 Å². The van der Waals surface area contributed by atoms with Crippen molar-refractivity contribution in [2.24, 2.45) is 46.3 Å². The van der Waals surface area contributed by atoms with E-state index >= 15 is 0 Å². The van der Waals surface area contributed by atoms with Gasteiger partial charge in [-0.2, -0.15) is 0 Å². The second kappa shape index (κ2) is 10.5. The summed E-state index contributed by atoms with van der Waals surface area (Å²) in [6.45, 7) is 9.68. The first kappa shape index (κ1) is 26.9. The Morgan fingerprint density at radius 3 is 2.51 bits per heavy atom. The molecule has 0 radical (unpaired) electrons. The summed E-state index contributed by atoms with van der Waals surface area (Å²) in [5, 5.41) is 22.2. The number of benzene rings is 1. The summed E-state index contributed by atoms with van der Waals surface area (Å²) in [4.78, 5) is 11.8. The molecule has 3 fully saturated rings. The Bertz CT molecular complexity index is 991. The number of hydrogen-bond acceptors (Lipinski definition) is 3. The van der Waals surface area contributed by atoms with Gasteiger partial charge in [0.25, 0.3) is 0 Å². The minimum atomic E-state index is -0.605. The van der Waals surface area contributed by atoms with Crippen molar-refractivity contribution in [1.82, 2.24) is 0 Å². The topological polar surface area (TPSA) is 63.4 Å². The molecule has 0 aliphatic heterocycles. The van der Waals surface area contributed by atoms with Crippen LogP contribution in [0.25, 0.3) is 0 Å². The highest BCUT2D eigenvalue weighted by Crippen LogP contribution is 2.67. The third-order valence-corrected chi connectivity index (χ3v) is 12.1. The predicted octanol–water partition coefficient (Wildman–Crippen LogP) is 8.39. The van der Waals surface area contributed by atoms with Gasteiger partial charge < -0.3 is 5.11 Å². The number of rotatable bonds is 8. The van der Waals surface area contributed by atoms with Crippen LogP contribution in [0.4, 0.5) is 0 Å².